The van der Waals surface area contributed by atoms with Crippen molar-refractivity contribution in [2.24, 2.45) is 52.3 Å². The van der Waals surface area contributed by atoms with Crippen LogP contribution in [0.1, 0.15) is 91.9 Å². The maximum atomic E-state index is 11.7. The molecule has 5 nitrogen and oxygen atoms in total. The van der Waals surface area contributed by atoms with E-state index in [1.54, 1.807) is 0 Å². The van der Waals surface area contributed by atoms with E-state index in [1.165, 1.54) is 6.42 Å². The number of aliphatic hydroxyl groups excluding tert-OH is 2. The van der Waals surface area contributed by atoms with Crippen LogP contribution in [0.3, 0.4) is 0 Å². The van der Waals surface area contributed by atoms with Crippen LogP contribution in [0.4, 0.5) is 0 Å². The molecule has 4 aliphatic rings. The van der Waals surface area contributed by atoms with Gasteiger partial charge in [-0.3, -0.25) is 0 Å². The van der Waals surface area contributed by atoms with Crippen molar-refractivity contribution in [3.05, 3.63) is 0 Å². The quantitative estimate of drug-likeness (QED) is 0.433. The minimum atomic E-state index is -4.14. The van der Waals surface area contributed by atoms with Gasteiger partial charge >= 0.3 is 29.6 Å². The molecule has 186 valence electrons. The Morgan fingerprint density at radius 3 is 2.27 bits per heavy atom. The number of rotatable bonds is 6. The van der Waals surface area contributed by atoms with Crippen molar-refractivity contribution in [2.45, 2.75) is 104 Å². The van der Waals surface area contributed by atoms with Gasteiger partial charge in [-0.05, 0) is 110 Å². The zero-order chi connectivity index (χ0) is 23.5. The molecule has 0 amide bonds. The minimum absolute atomic E-state index is 0. The fourth-order valence-electron chi connectivity index (χ4n) is 9.72. The first-order valence-electron chi connectivity index (χ1n) is 13.2. The van der Waals surface area contributed by atoms with E-state index in [2.05, 4.69) is 27.7 Å². The van der Waals surface area contributed by atoms with Gasteiger partial charge in [0.15, 0.2) is 0 Å². The summed E-state index contributed by atoms with van der Waals surface area (Å²) in [5.41, 5.74) is 0.408. The Balaban J connectivity index is 0.00000306. The van der Waals surface area contributed by atoms with Gasteiger partial charge in [-0.1, -0.05) is 34.1 Å². The Kier molecular flexibility index (Phi) is 8.86. The van der Waals surface area contributed by atoms with E-state index in [4.69, 9.17) is 0 Å². The average Bonchev–Trinajstić information content (AvgIpc) is 3.06. The van der Waals surface area contributed by atoms with E-state index < -0.39 is 10.1 Å². The van der Waals surface area contributed by atoms with Crippen molar-refractivity contribution in [1.82, 2.24) is 0 Å². The minimum Gasteiger partial charge on any atom is -0.748 e. The van der Waals surface area contributed by atoms with Crippen LogP contribution >= 0.6 is 0 Å². The molecule has 4 saturated carbocycles. The Morgan fingerprint density at radius 1 is 1.00 bits per heavy atom. The van der Waals surface area contributed by atoms with Crippen molar-refractivity contribution >= 4 is 10.1 Å². The summed E-state index contributed by atoms with van der Waals surface area (Å²) in [5.74, 6) is 2.78. The summed E-state index contributed by atoms with van der Waals surface area (Å²) in [6, 6.07) is 0. The third kappa shape index (κ3) is 5.02. The van der Waals surface area contributed by atoms with E-state index in [9.17, 15) is 23.2 Å². The Hall–Kier alpha value is 0.830. The maximum absolute atomic E-state index is 11.7. The Morgan fingerprint density at radius 2 is 1.64 bits per heavy atom. The van der Waals surface area contributed by atoms with E-state index in [0.29, 0.717) is 41.9 Å². The molecule has 0 aliphatic heterocycles. The summed E-state index contributed by atoms with van der Waals surface area (Å²) in [5, 5.41) is 22.2. The molecule has 0 heterocycles. The molecule has 0 aromatic rings. The molecule has 0 bridgehead atoms. The predicted octanol–water partition coefficient (Wildman–Crippen LogP) is 1.58. The van der Waals surface area contributed by atoms with E-state index in [-0.39, 0.29) is 64.3 Å². The Labute approximate surface area is 223 Å². The van der Waals surface area contributed by atoms with Gasteiger partial charge in [0, 0.05) is 5.75 Å². The van der Waals surface area contributed by atoms with Crippen LogP contribution in [0, 0.1) is 52.3 Å². The second kappa shape index (κ2) is 10.3. The van der Waals surface area contributed by atoms with E-state index >= 15 is 0 Å². The number of hydrogen-bond acceptors (Lipinski definition) is 5. The standard InChI is InChI=1S/C26H46O5S.Na/c1-5-18-22-15-17(27)10-12-26(22,4)21-11-13-25(3)19(8-9-20(25)23(21)24(18)28)16(2)7-6-14-32(29,30)31;/h16-24,27-28H,5-15H2,1-4H3,(H,29,30,31);/q;+1/p-1/t16-,17-,18-,19-,20?,21?,22+,23?,24-,25-,26-;/m1./s1. The molecule has 0 radical (unpaired) electrons. The predicted molar refractivity (Wildman–Crippen MR) is 125 cm³/mol. The van der Waals surface area contributed by atoms with E-state index in [0.717, 1.165) is 51.4 Å². The molecule has 4 aliphatic carbocycles. The smallest absolute Gasteiger partial charge is 0.748 e. The summed E-state index contributed by atoms with van der Waals surface area (Å²) in [4.78, 5) is 0. The van der Waals surface area contributed by atoms with E-state index in [1.807, 2.05) is 0 Å². The summed E-state index contributed by atoms with van der Waals surface area (Å²) >= 11 is 0. The van der Waals surface area contributed by atoms with Crippen LogP contribution in [0.2, 0.25) is 0 Å². The average molecular weight is 493 g/mol. The van der Waals surface area contributed by atoms with Gasteiger partial charge in [0.05, 0.1) is 22.3 Å². The summed E-state index contributed by atoms with van der Waals surface area (Å²) in [7, 11) is -4.14. The van der Waals surface area contributed by atoms with Gasteiger partial charge in [-0.25, -0.2) is 8.42 Å². The van der Waals surface area contributed by atoms with Crippen LogP contribution in [-0.2, 0) is 10.1 Å². The van der Waals surface area contributed by atoms with Crippen LogP contribution in [-0.4, -0.2) is 41.1 Å². The van der Waals surface area contributed by atoms with Crippen LogP contribution in [0.25, 0.3) is 0 Å². The zero-order valence-electron chi connectivity index (χ0n) is 21.5. The van der Waals surface area contributed by atoms with Crippen molar-refractivity contribution < 1.29 is 52.7 Å². The first kappa shape index (κ1) is 28.4. The van der Waals surface area contributed by atoms with Gasteiger partial charge in [-0.15, -0.1) is 0 Å². The first-order valence-corrected chi connectivity index (χ1v) is 14.8. The molecule has 4 rings (SSSR count). The van der Waals surface area contributed by atoms with Crippen molar-refractivity contribution in [3.8, 4) is 0 Å². The molecule has 7 heteroatoms. The molecule has 0 aromatic carbocycles. The van der Waals surface area contributed by atoms with Crippen LogP contribution in [0.15, 0.2) is 0 Å². The summed E-state index contributed by atoms with van der Waals surface area (Å²) in [6.45, 7) is 9.37. The summed E-state index contributed by atoms with van der Waals surface area (Å²) in [6.07, 6.45) is 9.20. The molecule has 33 heavy (non-hydrogen) atoms. The molecular weight excluding hydrogens is 447 g/mol. The maximum Gasteiger partial charge on any atom is 1.00 e. The fraction of sp³-hybridized carbons (Fsp3) is 1.00. The van der Waals surface area contributed by atoms with Gasteiger partial charge in [-0.2, -0.15) is 0 Å². The molecule has 3 unspecified atom stereocenters. The second-order valence-electron chi connectivity index (χ2n) is 12.5. The largest absolute Gasteiger partial charge is 1.00 e. The molecule has 0 spiro atoms. The van der Waals surface area contributed by atoms with Gasteiger partial charge < -0.3 is 14.8 Å². The first-order chi connectivity index (χ1) is 14.9. The fourth-order valence-corrected chi connectivity index (χ4v) is 10.2. The normalized spacial score (nSPS) is 48.2. The van der Waals surface area contributed by atoms with Crippen LogP contribution in [0.5, 0.6) is 0 Å². The van der Waals surface area contributed by atoms with Crippen molar-refractivity contribution in [2.75, 3.05) is 5.75 Å². The zero-order valence-corrected chi connectivity index (χ0v) is 24.3. The third-order valence-electron chi connectivity index (χ3n) is 11.2. The number of fused-ring (bicyclic) bond motifs is 5. The Bertz CT molecular complexity index is 790. The molecule has 0 aromatic heterocycles. The van der Waals surface area contributed by atoms with Crippen molar-refractivity contribution in [3.63, 3.8) is 0 Å². The molecular formula is C26H45NaO5S. The number of aliphatic hydroxyl groups is 2. The molecule has 4 fully saturated rings. The topological polar surface area (TPSA) is 97.7 Å². The monoisotopic (exact) mass is 492 g/mol. The molecule has 11 atom stereocenters. The molecule has 2 N–H and O–H groups in total. The summed E-state index contributed by atoms with van der Waals surface area (Å²) < 4.78 is 33.1. The molecule has 0 saturated heterocycles. The van der Waals surface area contributed by atoms with Crippen molar-refractivity contribution in [1.29, 1.82) is 0 Å². The van der Waals surface area contributed by atoms with Gasteiger partial charge in [0.25, 0.3) is 0 Å². The second-order valence-corrected chi connectivity index (χ2v) is 14.0. The van der Waals surface area contributed by atoms with Gasteiger partial charge in [0.1, 0.15) is 0 Å². The SMILES string of the molecule is CC[C@H]1[C@@H](O)C2C3CC[C@H]([C@H](C)CCCS(=O)(=O)[O-])[C@@]3(C)CCC2[C@@]2(C)CC[C@@H](O)C[C@@H]12.[Na+]. The number of hydrogen-bond donors (Lipinski definition) is 2. The van der Waals surface area contributed by atoms with Gasteiger partial charge in [0.2, 0.25) is 0 Å². The van der Waals surface area contributed by atoms with Crippen LogP contribution < -0.4 is 29.6 Å². The third-order valence-corrected chi connectivity index (χ3v) is 12.0.